The minimum absolute atomic E-state index is 1.28. The number of hydrogen-bond acceptors (Lipinski definition) is 0. The molecule has 0 unspecified atom stereocenters. The number of aryl methyl sites for hydroxylation is 3. The summed E-state index contributed by atoms with van der Waals surface area (Å²) in [7, 11) is 0. The minimum Gasteiger partial charge on any atom is -0.0614 e. The predicted molar refractivity (Wildman–Crippen MR) is 91.5 cm³/mol. The molecule has 3 rings (SSSR count). The van der Waals surface area contributed by atoms with Gasteiger partial charge in [0.15, 0.2) is 0 Å². The minimum atomic E-state index is 1.28. The summed E-state index contributed by atoms with van der Waals surface area (Å²) < 4.78 is 0. The van der Waals surface area contributed by atoms with Gasteiger partial charge in [0.2, 0.25) is 0 Å². The largest absolute Gasteiger partial charge is 0.0614 e. The Bertz CT molecular complexity index is 764. The summed E-state index contributed by atoms with van der Waals surface area (Å²) in [4.78, 5) is 0. The molecule has 0 aliphatic heterocycles. The lowest BCUT2D eigenvalue weighted by molar-refractivity contribution is 1.41. The topological polar surface area (TPSA) is 0 Å². The normalized spacial score (nSPS) is 10.6. The van der Waals surface area contributed by atoms with Crippen molar-refractivity contribution in [2.45, 2.75) is 20.8 Å². The van der Waals surface area contributed by atoms with Gasteiger partial charge in [0.25, 0.3) is 0 Å². The average molecular weight is 272 g/mol. The highest BCUT2D eigenvalue weighted by Gasteiger charge is 2.10. The monoisotopic (exact) mass is 272 g/mol. The van der Waals surface area contributed by atoms with Crippen LogP contribution in [0.2, 0.25) is 0 Å². The van der Waals surface area contributed by atoms with Gasteiger partial charge in [-0.15, -0.1) is 0 Å². The van der Waals surface area contributed by atoms with Crippen LogP contribution in [0.15, 0.2) is 66.7 Å². The molecule has 0 radical (unpaired) electrons. The molecule has 0 aliphatic rings. The molecule has 0 spiro atoms. The van der Waals surface area contributed by atoms with E-state index in [1.165, 1.54) is 38.9 Å². The van der Waals surface area contributed by atoms with Crippen molar-refractivity contribution in [1.82, 2.24) is 0 Å². The van der Waals surface area contributed by atoms with Gasteiger partial charge in [0.1, 0.15) is 0 Å². The molecule has 0 aromatic heterocycles. The van der Waals surface area contributed by atoms with E-state index in [4.69, 9.17) is 0 Å². The second-order valence-electron chi connectivity index (χ2n) is 5.73. The van der Waals surface area contributed by atoms with Crippen molar-refractivity contribution in [3.8, 4) is 22.3 Å². The molecule has 0 heteroatoms. The summed E-state index contributed by atoms with van der Waals surface area (Å²) in [6.07, 6.45) is 0. The lowest BCUT2D eigenvalue weighted by atomic mass is 9.90. The highest BCUT2D eigenvalue weighted by Crippen LogP contribution is 2.35. The van der Waals surface area contributed by atoms with Crippen LogP contribution in [-0.2, 0) is 0 Å². The van der Waals surface area contributed by atoms with E-state index < -0.39 is 0 Å². The van der Waals surface area contributed by atoms with Gasteiger partial charge in [-0.1, -0.05) is 77.9 Å². The summed E-state index contributed by atoms with van der Waals surface area (Å²) in [6.45, 7) is 6.46. The fourth-order valence-corrected chi connectivity index (χ4v) is 2.83. The van der Waals surface area contributed by atoms with E-state index in [9.17, 15) is 0 Å². The third kappa shape index (κ3) is 2.75. The molecule has 0 atom stereocenters. The fraction of sp³-hybridized carbons (Fsp3) is 0.143. The molecule has 0 N–H and O–H groups in total. The maximum atomic E-state index is 2.26. The molecule has 3 aromatic carbocycles. The lowest BCUT2D eigenvalue weighted by Gasteiger charge is -2.14. The van der Waals surface area contributed by atoms with Gasteiger partial charge in [-0.25, -0.2) is 0 Å². The first-order valence-electron chi connectivity index (χ1n) is 7.39. The van der Waals surface area contributed by atoms with E-state index in [0.717, 1.165) is 0 Å². The molecule has 0 bridgehead atoms. The standard InChI is InChI=1S/C21H20/c1-15-10-12-18(13-11-15)20-9-5-7-17(3)21(20)19-8-4-6-16(2)14-19/h4-14H,1-3H3. The van der Waals surface area contributed by atoms with Crippen LogP contribution in [0.25, 0.3) is 22.3 Å². The Balaban J connectivity index is 2.23. The van der Waals surface area contributed by atoms with Crippen LogP contribution in [0.5, 0.6) is 0 Å². The summed E-state index contributed by atoms with van der Waals surface area (Å²) >= 11 is 0. The summed E-state index contributed by atoms with van der Waals surface area (Å²) in [5.74, 6) is 0. The second kappa shape index (κ2) is 5.57. The maximum absolute atomic E-state index is 2.26. The smallest absolute Gasteiger partial charge is 0.00760 e. The van der Waals surface area contributed by atoms with Crippen molar-refractivity contribution >= 4 is 0 Å². The van der Waals surface area contributed by atoms with Crippen LogP contribution in [-0.4, -0.2) is 0 Å². The zero-order valence-electron chi connectivity index (χ0n) is 12.9. The van der Waals surface area contributed by atoms with Gasteiger partial charge in [0, 0.05) is 0 Å². The average Bonchev–Trinajstić information content (AvgIpc) is 2.48. The van der Waals surface area contributed by atoms with Crippen molar-refractivity contribution in [2.75, 3.05) is 0 Å². The second-order valence-corrected chi connectivity index (χ2v) is 5.73. The van der Waals surface area contributed by atoms with Gasteiger partial charge >= 0.3 is 0 Å². The van der Waals surface area contributed by atoms with Gasteiger partial charge < -0.3 is 0 Å². The van der Waals surface area contributed by atoms with Crippen LogP contribution in [0.3, 0.4) is 0 Å². The van der Waals surface area contributed by atoms with Crippen molar-refractivity contribution < 1.29 is 0 Å². The Kier molecular flexibility index (Phi) is 3.62. The highest BCUT2D eigenvalue weighted by molar-refractivity contribution is 5.85. The van der Waals surface area contributed by atoms with Gasteiger partial charge in [0.05, 0.1) is 0 Å². The maximum Gasteiger partial charge on any atom is -0.00760 e. The first-order chi connectivity index (χ1) is 10.1. The number of rotatable bonds is 2. The van der Waals surface area contributed by atoms with Crippen LogP contribution in [0.1, 0.15) is 16.7 Å². The Labute approximate surface area is 127 Å². The van der Waals surface area contributed by atoms with Gasteiger partial charge in [-0.3, -0.25) is 0 Å². The predicted octanol–water partition coefficient (Wildman–Crippen LogP) is 5.95. The van der Waals surface area contributed by atoms with Crippen molar-refractivity contribution in [3.05, 3.63) is 83.4 Å². The molecule has 0 fully saturated rings. The van der Waals surface area contributed by atoms with Crippen LogP contribution < -0.4 is 0 Å². The van der Waals surface area contributed by atoms with E-state index in [2.05, 4.69) is 87.5 Å². The molecule has 0 heterocycles. The van der Waals surface area contributed by atoms with Crippen molar-refractivity contribution in [1.29, 1.82) is 0 Å². The molecule has 0 nitrogen and oxygen atoms in total. The Morgan fingerprint density at radius 3 is 2.00 bits per heavy atom. The van der Waals surface area contributed by atoms with Crippen LogP contribution in [0.4, 0.5) is 0 Å². The molecular formula is C21H20. The Hall–Kier alpha value is -2.34. The van der Waals surface area contributed by atoms with Gasteiger partial charge in [-0.2, -0.15) is 0 Å². The summed E-state index contributed by atoms with van der Waals surface area (Å²) in [6, 6.07) is 24.1. The molecule has 21 heavy (non-hydrogen) atoms. The van der Waals surface area contributed by atoms with Crippen LogP contribution >= 0.6 is 0 Å². The summed E-state index contributed by atoms with van der Waals surface area (Å²) in [5, 5.41) is 0. The molecule has 0 amide bonds. The zero-order valence-corrected chi connectivity index (χ0v) is 12.9. The Morgan fingerprint density at radius 2 is 1.29 bits per heavy atom. The highest BCUT2D eigenvalue weighted by atomic mass is 14.1. The third-order valence-electron chi connectivity index (χ3n) is 3.94. The first kappa shape index (κ1) is 13.6. The molecular weight excluding hydrogens is 252 g/mol. The Morgan fingerprint density at radius 1 is 0.571 bits per heavy atom. The SMILES string of the molecule is Cc1ccc(-c2cccc(C)c2-c2cccc(C)c2)cc1. The summed E-state index contributed by atoms with van der Waals surface area (Å²) in [5.41, 5.74) is 9.13. The van der Waals surface area contributed by atoms with Crippen molar-refractivity contribution in [3.63, 3.8) is 0 Å². The molecule has 0 aliphatic carbocycles. The fourth-order valence-electron chi connectivity index (χ4n) is 2.83. The quantitative estimate of drug-likeness (QED) is 0.541. The number of benzene rings is 3. The van der Waals surface area contributed by atoms with Crippen molar-refractivity contribution in [2.24, 2.45) is 0 Å². The molecule has 3 aromatic rings. The lowest BCUT2D eigenvalue weighted by Crippen LogP contribution is -1.90. The van der Waals surface area contributed by atoms with E-state index in [1.54, 1.807) is 0 Å². The molecule has 104 valence electrons. The molecule has 0 saturated carbocycles. The van der Waals surface area contributed by atoms with E-state index in [0.29, 0.717) is 0 Å². The zero-order chi connectivity index (χ0) is 14.8. The van der Waals surface area contributed by atoms with E-state index in [-0.39, 0.29) is 0 Å². The molecule has 0 saturated heterocycles. The van der Waals surface area contributed by atoms with Crippen LogP contribution in [0, 0.1) is 20.8 Å². The van der Waals surface area contributed by atoms with E-state index >= 15 is 0 Å². The van der Waals surface area contributed by atoms with Gasteiger partial charge in [-0.05, 0) is 48.6 Å². The first-order valence-corrected chi connectivity index (χ1v) is 7.39. The third-order valence-corrected chi connectivity index (χ3v) is 3.94. The number of hydrogen-bond donors (Lipinski definition) is 0. The van der Waals surface area contributed by atoms with E-state index in [1.807, 2.05) is 0 Å².